The molecule has 4 heteroatoms. The van der Waals surface area contributed by atoms with Crippen molar-refractivity contribution in [1.29, 1.82) is 0 Å². The van der Waals surface area contributed by atoms with Crippen molar-refractivity contribution in [1.82, 2.24) is 0 Å². The minimum Gasteiger partial charge on any atom is -0.489 e. The monoisotopic (exact) mass is 275 g/mol. The lowest BCUT2D eigenvalue weighted by Crippen LogP contribution is -2.41. The van der Waals surface area contributed by atoms with E-state index in [0.717, 1.165) is 18.2 Å². The number of aromatic carboxylic acids is 1. The minimum atomic E-state index is -0.921. The molecule has 2 aliphatic rings. The van der Waals surface area contributed by atoms with E-state index in [4.69, 9.17) is 4.74 Å². The lowest BCUT2D eigenvalue weighted by atomic mass is 9.81. The Balaban J connectivity index is 1.85. The summed E-state index contributed by atoms with van der Waals surface area (Å²) in [6, 6.07) is 5.83. The fourth-order valence-electron chi connectivity index (χ4n) is 3.23. The number of benzene rings is 1. The Bertz CT molecular complexity index is 510. The fourth-order valence-corrected chi connectivity index (χ4v) is 3.23. The van der Waals surface area contributed by atoms with Crippen molar-refractivity contribution in [3.8, 4) is 5.75 Å². The third-order valence-electron chi connectivity index (χ3n) is 4.54. The average Bonchev–Trinajstić information content (AvgIpc) is 2.41. The van der Waals surface area contributed by atoms with Crippen LogP contribution in [0.2, 0.25) is 0 Å². The van der Waals surface area contributed by atoms with E-state index >= 15 is 0 Å². The van der Waals surface area contributed by atoms with Crippen LogP contribution < -0.4 is 9.64 Å². The number of carboxylic acid groups (broad SMARTS) is 1. The van der Waals surface area contributed by atoms with Crippen LogP contribution in [0.3, 0.4) is 0 Å². The van der Waals surface area contributed by atoms with Gasteiger partial charge in [0.1, 0.15) is 12.2 Å². The average molecular weight is 275 g/mol. The van der Waals surface area contributed by atoms with Crippen molar-refractivity contribution in [3.63, 3.8) is 0 Å². The number of nitrogens with zero attached hydrogens (tertiary/aromatic N) is 1. The topological polar surface area (TPSA) is 49.8 Å². The van der Waals surface area contributed by atoms with Crippen LogP contribution in [-0.2, 0) is 0 Å². The highest BCUT2D eigenvalue weighted by Crippen LogP contribution is 2.38. The van der Waals surface area contributed by atoms with Crippen molar-refractivity contribution in [2.24, 2.45) is 5.92 Å². The lowest BCUT2D eigenvalue weighted by molar-refractivity contribution is 0.0691. The molecule has 1 unspecified atom stereocenters. The predicted octanol–water partition coefficient (Wildman–Crippen LogP) is 3.16. The number of para-hydroxylation sites is 1. The summed E-state index contributed by atoms with van der Waals surface area (Å²) in [5.41, 5.74) is 1.20. The quantitative estimate of drug-likeness (QED) is 0.917. The van der Waals surface area contributed by atoms with Crippen LogP contribution in [0.15, 0.2) is 18.2 Å². The molecule has 0 radical (unpaired) electrons. The SMILES string of the molecule is CC(CC1CCC1)N1CCOc2c(C(=O)O)cccc21. The summed E-state index contributed by atoms with van der Waals surface area (Å²) in [7, 11) is 0. The molecule has 0 aromatic heterocycles. The van der Waals surface area contributed by atoms with E-state index in [1.807, 2.05) is 6.07 Å². The van der Waals surface area contributed by atoms with E-state index in [0.29, 0.717) is 18.4 Å². The van der Waals surface area contributed by atoms with Gasteiger partial charge in [0.15, 0.2) is 5.75 Å². The first kappa shape index (κ1) is 13.3. The van der Waals surface area contributed by atoms with Crippen LogP contribution in [0.5, 0.6) is 5.75 Å². The lowest BCUT2D eigenvalue weighted by Gasteiger charge is -2.39. The zero-order valence-corrected chi connectivity index (χ0v) is 11.8. The number of carbonyl (C=O) groups is 1. The number of anilines is 1. The summed E-state index contributed by atoms with van der Waals surface area (Å²) in [4.78, 5) is 13.6. The smallest absolute Gasteiger partial charge is 0.339 e. The molecule has 1 fully saturated rings. The van der Waals surface area contributed by atoms with Gasteiger partial charge in [-0.25, -0.2) is 4.79 Å². The molecule has 1 aromatic rings. The van der Waals surface area contributed by atoms with Crippen LogP contribution in [-0.4, -0.2) is 30.3 Å². The normalized spacial score (nSPS) is 19.8. The maximum Gasteiger partial charge on any atom is 0.339 e. The summed E-state index contributed by atoms with van der Waals surface area (Å²) < 4.78 is 5.62. The van der Waals surface area contributed by atoms with Crippen LogP contribution in [0, 0.1) is 5.92 Å². The second-order valence-electron chi connectivity index (χ2n) is 5.88. The molecule has 0 spiro atoms. The van der Waals surface area contributed by atoms with E-state index in [-0.39, 0.29) is 5.56 Å². The highest BCUT2D eigenvalue weighted by atomic mass is 16.5. The first-order valence-corrected chi connectivity index (χ1v) is 7.42. The summed E-state index contributed by atoms with van der Waals surface area (Å²) in [5, 5.41) is 9.26. The van der Waals surface area contributed by atoms with Gasteiger partial charge in [-0.2, -0.15) is 0 Å². The minimum absolute atomic E-state index is 0.267. The van der Waals surface area contributed by atoms with Crippen LogP contribution in [0.4, 0.5) is 5.69 Å². The summed E-state index contributed by atoms with van der Waals surface area (Å²) in [6.45, 7) is 3.64. The van der Waals surface area contributed by atoms with Gasteiger partial charge >= 0.3 is 5.97 Å². The van der Waals surface area contributed by atoms with Gasteiger partial charge in [0, 0.05) is 6.04 Å². The molecular weight excluding hydrogens is 254 g/mol. The number of carboxylic acids is 1. The van der Waals surface area contributed by atoms with Gasteiger partial charge in [-0.15, -0.1) is 0 Å². The van der Waals surface area contributed by atoms with Gasteiger partial charge < -0.3 is 14.7 Å². The number of rotatable bonds is 4. The summed E-state index contributed by atoms with van der Waals surface area (Å²) >= 11 is 0. The van der Waals surface area contributed by atoms with E-state index in [1.54, 1.807) is 12.1 Å². The third kappa shape index (κ3) is 2.35. The molecule has 108 valence electrons. The Morgan fingerprint density at radius 3 is 2.95 bits per heavy atom. The van der Waals surface area contributed by atoms with Gasteiger partial charge in [0.05, 0.1) is 12.2 Å². The largest absolute Gasteiger partial charge is 0.489 e. The van der Waals surface area contributed by atoms with E-state index < -0.39 is 5.97 Å². The van der Waals surface area contributed by atoms with Crippen molar-refractivity contribution < 1.29 is 14.6 Å². The van der Waals surface area contributed by atoms with Gasteiger partial charge in [-0.1, -0.05) is 25.3 Å². The molecule has 4 nitrogen and oxygen atoms in total. The van der Waals surface area contributed by atoms with E-state index in [2.05, 4.69) is 11.8 Å². The number of fused-ring (bicyclic) bond motifs is 1. The molecule has 1 aliphatic carbocycles. The van der Waals surface area contributed by atoms with Gasteiger partial charge in [0.25, 0.3) is 0 Å². The number of hydrogen-bond donors (Lipinski definition) is 1. The summed E-state index contributed by atoms with van der Waals surface area (Å²) in [6.07, 6.45) is 5.24. The molecule has 1 N–H and O–H groups in total. The standard InChI is InChI=1S/C16H21NO3/c1-11(10-12-4-2-5-12)17-8-9-20-15-13(16(18)19)6-3-7-14(15)17/h3,6-7,11-12H,2,4-5,8-10H2,1H3,(H,18,19). The van der Waals surface area contributed by atoms with Crippen molar-refractivity contribution in [2.45, 2.75) is 38.6 Å². The highest BCUT2D eigenvalue weighted by molar-refractivity contribution is 5.93. The molecule has 20 heavy (non-hydrogen) atoms. The number of hydrogen-bond acceptors (Lipinski definition) is 3. The van der Waals surface area contributed by atoms with Crippen LogP contribution in [0.1, 0.15) is 43.0 Å². The Morgan fingerprint density at radius 1 is 1.50 bits per heavy atom. The van der Waals surface area contributed by atoms with Crippen LogP contribution in [0.25, 0.3) is 0 Å². The van der Waals surface area contributed by atoms with Crippen molar-refractivity contribution in [3.05, 3.63) is 23.8 Å². The Kier molecular flexibility index (Phi) is 3.55. The molecular formula is C16H21NO3. The zero-order valence-electron chi connectivity index (χ0n) is 11.8. The van der Waals surface area contributed by atoms with Gasteiger partial charge in [-0.05, 0) is 31.4 Å². The zero-order chi connectivity index (χ0) is 14.1. The molecule has 1 aromatic carbocycles. The molecule has 1 atom stereocenters. The molecule has 0 saturated heterocycles. The fraction of sp³-hybridized carbons (Fsp3) is 0.562. The molecule has 3 rings (SSSR count). The van der Waals surface area contributed by atoms with Crippen LogP contribution >= 0.6 is 0 Å². The maximum absolute atomic E-state index is 11.3. The number of ether oxygens (including phenoxy) is 1. The molecule has 0 amide bonds. The second-order valence-corrected chi connectivity index (χ2v) is 5.88. The third-order valence-corrected chi connectivity index (χ3v) is 4.54. The second kappa shape index (κ2) is 5.35. The van der Waals surface area contributed by atoms with Gasteiger partial charge in [-0.3, -0.25) is 0 Å². The maximum atomic E-state index is 11.3. The first-order valence-electron chi connectivity index (χ1n) is 7.42. The molecule has 1 saturated carbocycles. The molecule has 0 bridgehead atoms. The van der Waals surface area contributed by atoms with Crippen molar-refractivity contribution in [2.75, 3.05) is 18.1 Å². The summed E-state index contributed by atoms with van der Waals surface area (Å²) in [5.74, 6) is 0.459. The van der Waals surface area contributed by atoms with Crippen molar-refractivity contribution >= 4 is 11.7 Å². The highest BCUT2D eigenvalue weighted by Gasteiger charge is 2.29. The van der Waals surface area contributed by atoms with E-state index in [9.17, 15) is 9.90 Å². The Labute approximate surface area is 119 Å². The Morgan fingerprint density at radius 2 is 2.30 bits per heavy atom. The predicted molar refractivity (Wildman–Crippen MR) is 77.7 cm³/mol. The van der Waals surface area contributed by atoms with E-state index in [1.165, 1.54) is 25.7 Å². The van der Waals surface area contributed by atoms with Gasteiger partial charge in [0.2, 0.25) is 0 Å². The molecule has 1 heterocycles. The molecule has 1 aliphatic heterocycles. The Hall–Kier alpha value is -1.71. The first-order chi connectivity index (χ1) is 9.66.